The zero-order valence-electron chi connectivity index (χ0n) is 30.8. The van der Waals surface area contributed by atoms with Crippen molar-refractivity contribution in [2.45, 2.75) is 37.5 Å². The molecule has 0 bridgehead atoms. The second-order valence-corrected chi connectivity index (χ2v) is 12.2. The molecule has 7 heterocycles. The third-order valence-corrected chi connectivity index (χ3v) is 7.41. The van der Waals surface area contributed by atoms with Crippen LogP contribution in [0.4, 0.5) is 81.9 Å². The molecule has 7 rings (SSSR count). The number of halogens is 13. The summed E-state index contributed by atoms with van der Waals surface area (Å²) in [6, 6.07) is 10.0. The second-order valence-electron chi connectivity index (χ2n) is 11.8. The van der Waals surface area contributed by atoms with Gasteiger partial charge in [-0.05, 0) is 73.0 Å². The van der Waals surface area contributed by atoms with Gasteiger partial charge in [-0.25, -0.2) is 9.97 Å². The van der Waals surface area contributed by atoms with E-state index in [1.165, 1.54) is 37.1 Å². The zero-order chi connectivity index (χ0) is 44.6. The van der Waals surface area contributed by atoms with Crippen molar-refractivity contribution < 1.29 is 57.4 Å². The van der Waals surface area contributed by atoms with Crippen LogP contribution in [0.3, 0.4) is 0 Å². The van der Waals surface area contributed by atoms with Gasteiger partial charge in [0.1, 0.15) is 34.2 Å². The highest BCUT2D eigenvalue weighted by atomic mass is 35.5. The molecular formula is C34H27ClF12N14O. The molecule has 7 N–H and O–H groups in total. The summed E-state index contributed by atoms with van der Waals surface area (Å²) in [7, 11) is 0. The van der Waals surface area contributed by atoms with Crippen LogP contribution in [0.25, 0.3) is 23.0 Å². The van der Waals surface area contributed by atoms with Gasteiger partial charge in [-0.1, -0.05) is 12.1 Å². The maximum absolute atomic E-state index is 12.8. The molecule has 1 fully saturated rings. The van der Waals surface area contributed by atoms with E-state index in [0.29, 0.717) is 12.1 Å². The van der Waals surface area contributed by atoms with Crippen molar-refractivity contribution in [3.63, 3.8) is 0 Å². The van der Waals surface area contributed by atoms with E-state index in [2.05, 4.69) is 60.5 Å². The van der Waals surface area contributed by atoms with Crippen molar-refractivity contribution in [3.05, 3.63) is 101 Å². The average molecular weight is 911 g/mol. The van der Waals surface area contributed by atoms with Gasteiger partial charge in [0, 0.05) is 37.0 Å². The molecule has 330 valence electrons. The molecule has 0 atom stereocenters. The van der Waals surface area contributed by atoms with Crippen molar-refractivity contribution in [3.8, 4) is 23.0 Å². The molecule has 0 radical (unpaired) electrons. The Morgan fingerprint density at radius 2 is 0.935 bits per heavy atom. The van der Waals surface area contributed by atoms with Crippen LogP contribution in [0.2, 0.25) is 5.28 Å². The summed E-state index contributed by atoms with van der Waals surface area (Å²) < 4.78 is 158. The quantitative estimate of drug-likeness (QED) is 0.114. The van der Waals surface area contributed by atoms with Gasteiger partial charge in [0.15, 0.2) is 11.6 Å². The molecule has 6 aromatic heterocycles. The highest BCUT2D eigenvalue weighted by Crippen LogP contribution is 2.33. The van der Waals surface area contributed by atoms with Gasteiger partial charge in [0.2, 0.25) is 23.1 Å². The third kappa shape index (κ3) is 14.0. The van der Waals surface area contributed by atoms with E-state index in [1.54, 1.807) is 0 Å². The first-order chi connectivity index (χ1) is 28.5. The van der Waals surface area contributed by atoms with Crippen molar-refractivity contribution in [1.82, 2.24) is 56.0 Å². The monoisotopic (exact) mass is 910 g/mol. The number of nitrogen functional groups attached to an aromatic ring is 1. The van der Waals surface area contributed by atoms with E-state index < -0.39 is 52.8 Å². The Morgan fingerprint density at radius 3 is 1.34 bits per heavy atom. The van der Waals surface area contributed by atoms with Crippen LogP contribution < -0.4 is 22.5 Å². The summed E-state index contributed by atoms with van der Waals surface area (Å²) >= 11 is 5.76. The highest BCUT2D eigenvalue weighted by Gasteiger charge is 2.35. The Balaban J connectivity index is 0.000000241. The second kappa shape index (κ2) is 19.8. The van der Waals surface area contributed by atoms with Gasteiger partial charge in [-0.2, -0.15) is 82.6 Å². The molecular weight excluding hydrogens is 884 g/mol. The minimum absolute atomic E-state index is 0. The van der Waals surface area contributed by atoms with Gasteiger partial charge in [-0.15, -0.1) is 0 Å². The predicted octanol–water partition coefficient (Wildman–Crippen LogP) is 9.41. The van der Waals surface area contributed by atoms with Gasteiger partial charge in [-0.3, -0.25) is 9.97 Å². The van der Waals surface area contributed by atoms with E-state index in [1.807, 2.05) is 0 Å². The normalized spacial score (nSPS) is 12.9. The Morgan fingerprint density at radius 1 is 0.516 bits per heavy atom. The van der Waals surface area contributed by atoms with Gasteiger partial charge >= 0.3 is 24.7 Å². The number of hydrogen-bond donors (Lipinski definition) is 4. The standard InChI is InChI=1S/C15H7ClF6N6.C15H9F6N7.C4H8O.H3N/c16-12-26-11(8-2-1-3-9(25-8)14(17,18)19)27-13(28-12)24-7-4-5-23-10(6-7)15(20,21)22;16-14(17,18)9-3-1-2-8(25-9)11-26-12(22)28-13(27-11)24-7-4-5-23-10(6-7)15(19,20)21;1-2-4-5-3-1;/h1-6H,(H,23,24,26,27,28);1-6H,(H3,22,23,24,26,27,28);1-4H2;1H3. The molecule has 15 nitrogen and oxygen atoms in total. The SMILES string of the molecule is C1CCOC1.FC(F)(F)c1cc(Nc2nc(Cl)nc(-c3cccc(C(F)(F)F)n3)n2)ccn1.N.Nc1nc(Nc2ccnc(C(F)(F)F)c2)nc(-c2cccc(C(F)(F)F)n2)n1. The Kier molecular flexibility index (Phi) is 15.4. The first kappa shape index (κ1) is 48.1. The van der Waals surface area contributed by atoms with Gasteiger partial charge in [0.05, 0.1) is 0 Å². The smallest absolute Gasteiger partial charge is 0.381 e. The van der Waals surface area contributed by atoms with Crippen molar-refractivity contribution in [2.24, 2.45) is 0 Å². The van der Waals surface area contributed by atoms with Crippen LogP contribution in [0.5, 0.6) is 0 Å². The maximum atomic E-state index is 12.8. The largest absolute Gasteiger partial charge is 0.433 e. The van der Waals surface area contributed by atoms with Crippen LogP contribution in [-0.4, -0.2) is 63.1 Å². The summed E-state index contributed by atoms with van der Waals surface area (Å²) in [5.74, 6) is -1.50. The van der Waals surface area contributed by atoms with Crippen LogP contribution in [0.1, 0.15) is 35.6 Å². The Bertz CT molecular complexity index is 2260. The molecule has 0 aromatic carbocycles. The Hall–Kier alpha value is -6.61. The fourth-order valence-electron chi connectivity index (χ4n) is 4.61. The fraction of sp³-hybridized carbons (Fsp3) is 0.235. The van der Waals surface area contributed by atoms with E-state index in [4.69, 9.17) is 22.1 Å². The third-order valence-electron chi connectivity index (χ3n) is 7.24. The summed E-state index contributed by atoms with van der Waals surface area (Å²) in [6.45, 7) is 2.00. The van der Waals surface area contributed by atoms with Crippen molar-refractivity contribution in [1.29, 1.82) is 0 Å². The van der Waals surface area contributed by atoms with Gasteiger partial charge < -0.3 is 27.3 Å². The molecule has 62 heavy (non-hydrogen) atoms. The molecule has 0 amide bonds. The summed E-state index contributed by atoms with van der Waals surface area (Å²) in [6.07, 6.45) is -14.3. The molecule has 0 spiro atoms. The highest BCUT2D eigenvalue weighted by molar-refractivity contribution is 6.28. The summed E-state index contributed by atoms with van der Waals surface area (Å²) in [4.78, 5) is 35.8. The summed E-state index contributed by atoms with van der Waals surface area (Å²) in [5.41, 5.74) is 0.286. The lowest BCUT2D eigenvalue weighted by Gasteiger charge is -2.10. The summed E-state index contributed by atoms with van der Waals surface area (Å²) in [5, 5.41) is 4.56. The molecule has 0 saturated carbocycles. The molecule has 0 unspecified atom stereocenters. The number of anilines is 5. The van der Waals surface area contributed by atoms with Crippen LogP contribution in [0.15, 0.2) is 73.1 Å². The number of nitrogens with two attached hydrogens (primary N) is 1. The first-order valence-electron chi connectivity index (χ1n) is 16.8. The minimum atomic E-state index is -4.68. The number of rotatable bonds is 6. The number of aromatic nitrogens is 10. The first-order valence-corrected chi connectivity index (χ1v) is 17.1. The average Bonchev–Trinajstić information content (AvgIpc) is 3.78. The number of alkyl halides is 12. The number of nitrogens with zero attached hydrogens (tertiary/aromatic N) is 10. The maximum Gasteiger partial charge on any atom is 0.433 e. The molecule has 28 heteroatoms. The topological polar surface area (TPSA) is 223 Å². The lowest BCUT2D eigenvalue weighted by Crippen LogP contribution is -2.10. The van der Waals surface area contributed by atoms with Crippen LogP contribution >= 0.6 is 11.6 Å². The number of nitrogens with one attached hydrogen (secondary N) is 2. The fourth-order valence-corrected chi connectivity index (χ4v) is 4.77. The number of ether oxygens (including phenoxy) is 1. The molecule has 1 aliphatic rings. The van der Waals surface area contributed by atoms with Crippen LogP contribution in [0, 0.1) is 0 Å². The molecule has 1 aliphatic heterocycles. The van der Waals surface area contributed by atoms with E-state index in [9.17, 15) is 52.7 Å². The minimum Gasteiger partial charge on any atom is -0.381 e. The molecule has 6 aromatic rings. The molecule has 1 saturated heterocycles. The van der Waals surface area contributed by atoms with Crippen LogP contribution in [-0.2, 0) is 29.4 Å². The lowest BCUT2D eigenvalue weighted by molar-refractivity contribution is -0.141. The van der Waals surface area contributed by atoms with Crippen molar-refractivity contribution in [2.75, 3.05) is 29.6 Å². The van der Waals surface area contributed by atoms with Crippen molar-refractivity contribution >= 4 is 40.8 Å². The zero-order valence-corrected chi connectivity index (χ0v) is 31.6. The number of hydrogen-bond acceptors (Lipinski definition) is 15. The number of pyridine rings is 4. The lowest BCUT2D eigenvalue weighted by atomic mass is 10.3. The van der Waals surface area contributed by atoms with E-state index in [0.717, 1.165) is 49.9 Å². The van der Waals surface area contributed by atoms with E-state index in [-0.39, 0.29) is 58.4 Å². The Labute approximate surface area is 345 Å². The van der Waals surface area contributed by atoms with Gasteiger partial charge in [0.25, 0.3) is 0 Å². The van der Waals surface area contributed by atoms with E-state index >= 15 is 0 Å². The molecule has 0 aliphatic carbocycles. The predicted molar refractivity (Wildman–Crippen MR) is 196 cm³/mol.